The molecule has 0 unspecified atom stereocenters. The third-order valence-corrected chi connectivity index (χ3v) is 8.12. The Bertz CT molecular complexity index is 1140. The lowest BCUT2D eigenvalue weighted by atomic mass is 10.1. The van der Waals surface area contributed by atoms with Gasteiger partial charge in [-0.1, -0.05) is 42.4 Å². The molecule has 2 N–H and O–H groups in total. The summed E-state index contributed by atoms with van der Waals surface area (Å²) in [5, 5.41) is 13.7. The summed E-state index contributed by atoms with van der Waals surface area (Å²) in [6.07, 6.45) is 1.89. The number of nitrogens with one attached hydrogen (secondary N) is 1. The molecule has 29 heavy (non-hydrogen) atoms. The van der Waals surface area contributed by atoms with Crippen molar-refractivity contribution < 1.29 is 22.8 Å². The first kappa shape index (κ1) is 19.8. The lowest BCUT2D eigenvalue weighted by Gasteiger charge is -2.14. The molecule has 2 heterocycles. The topological polar surface area (TPSA) is 110 Å². The zero-order valence-corrected chi connectivity index (χ0v) is 17.3. The Morgan fingerprint density at radius 2 is 2.07 bits per heavy atom. The Morgan fingerprint density at radius 3 is 2.76 bits per heavy atom. The predicted octanol–water partition coefficient (Wildman–Crippen LogP) is 3.64. The fourth-order valence-corrected chi connectivity index (χ4v) is 6.09. The number of carboxylic acids is 1. The molecule has 0 spiro atoms. The normalized spacial score (nSPS) is 21.2. The minimum atomic E-state index is -4.00. The summed E-state index contributed by atoms with van der Waals surface area (Å²) in [4.78, 5) is 12.6. The number of hydrogen-bond acceptors (Lipinski definition) is 6. The number of carbonyl (C=O) groups is 1. The van der Waals surface area contributed by atoms with Crippen molar-refractivity contribution in [3.05, 3.63) is 59.9 Å². The number of aromatic nitrogens is 1. The van der Waals surface area contributed by atoms with Crippen LogP contribution in [-0.4, -0.2) is 30.2 Å². The van der Waals surface area contributed by atoms with Crippen LogP contribution in [0.4, 0.5) is 0 Å². The smallest absolute Gasteiger partial charge is 0.325 e. The van der Waals surface area contributed by atoms with Gasteiger partial charge in [0.2, 0.25) is 0 Å². The maximum absolute atomic E-state index is 12.9. The minimum absolute atomic E-state index is 0.0480. The van der Waals surface area contributed by atoms with Gasteiger partial charge >= 0.3 is 5.97 Å². The van der Waals surface area contributed by atoms with Gasteiger partial charge in [-0.25, -0.2) is 8.42 Å². The lowest BCUT2D eigenvalue weighted by Crippen LogP contribution is -2.44. The fraction of sp³-hybridized carbons (Fsp3) is 0.300. The van der Waals surface area contributed by atoms with E-state index in [-0.39, 0.29) is 10.6 Å². The van der Waals surface area contributed by atoms with Crippen LogP contribution in [0.15, 0.2) is 57.3 Å². The molecule has 4 rings (SSSR count). The molecule has 1 saturated carbocycles. The molecule has 0 amide bonds. The first-order chi connectivity index (χ1) is 13.9. The molecule has 7 nitrogen and oxygen atoms in total. The Morgan fingerprint density at radius 1 is 1.31 bits per heavy atom. The van der Waals surface area contributed by atoms with Gasteiger partial charge < -0.3 is 9.63 Å². The van der Waals surface area contributed by atoms with E-state index in [1.54, 1.807) is 12.1 Å². The average Bonchev–Trinajstić information content (AvgIpc) is 3.04. The fourth-order valence-electron chi connectivity index (χ4n) is 3.43. The van der Waals surface area contributed by atoms with Gasteiger partial charge in [0.05, 0.1) is 4.88 Å². The lowest BCUT2D eigenvalue weighted by molar-refractivity contribution is -0.140. The highest BCUT2D eigenvalue weighted by Crippen LogP contribution is 2.52. The van der Waals surface area contributed by atoms with Crippen LogP contribution in [0.25, 0.3) is 10.6 Å². The number of aliphatic carboxylic acids is 1. The van der Waals surface area contributed by atoms with E-state index in [0.717, 1.165) is 35.5 Å². The van der Waals surface area contributed by atoms with Gasteiger partial charge in [-0.15, -0.1) is 11.3 Å². The van der Waals surface area contributed by atoms with Crippen LogP contribution < -0.4 is 4.72 Å². The zero-order valence-electron chi connectivity index (χ0n) is 15.7. The molecule has 1 aromatic carbocycles. The molecule has 9 heteroatoms. The number of hydrogen-bond donors (Lipinski definition) is 2. The van der Waals surface area contributed by atoms with Crippen LogP contribution in [0.5, 0.6) is 0 Å². The number of carboxylic acid groups (broad SMARTS) is 1. The van der Waals surface area contributed by atoms with Crippen LogP contribution in [-0.2, 0) is 21.2 Å². The van der Waals surface area contributed by atoms with E-state index in [2.05, 4.69) is 9.88 Å². The highest BCUT2D eigenvalue weighted by atomic mass is 32.2. The molecule has 1 fully saturated rings. The number of nitrogens with zero attached hydrogens (tertiary/aromatic N) is 1. The molecule has 2 atom stereocenters. The first-order valence-corrected chi connectivity index (χ1v) is 11.5. The van der Waals surface area contributed by atoms with Crippen molar-refractivity contribution in [2.45, 2.75) is 41.9 Å². The Labute approximate surface area is 172 Å². The molecule has 0 aliphatic heterocycles. The standard InChI is InChI=1S/C20H20N2O5S2/c1-2-6-14-11-16(21-27-14)17-9-10-18(28-17)29(25,26)22-20(19(23)24)12-15(20)13-7-4-3-5-8-13/h3-5,7-11,15,22H,2,6,12H2,1H3,(H,23,24)/t15-,20-/m0/s1. The van der Waals surface area contributed by atoms with Crippen molar-refractivity contribution in [1.29, 1.82) is 0 Å². The Kier molecular flexibility index (Phi) is 5.05. The van der Waals surface area contributed by atoms with Gasteiger partial charge in [0.25, 0.3) is 10.0 Å². The molecular formula is C20H20N2O5S2. The largest absolute Gasteiger partial charge is 0.480 e. The van der Waals surface area contributed by atoms with E-state index in [4.69, 9.17) is 4.52 Å². The van der Waals surface area contributed by atoms with Gasteiger partial charge in [-0.2, -0.15) is 4.72 Å². The minimum Gasteiger partial charge on any atom is -0.480 e. The van der Waals surface area contributed by atoms with Crippen LogP contribution in [0, 0.1) is 0 Å². The Balaban J connectivity index is 1.57. The average molecular weight is 433 g/mol. The molecule has 0 bridgehead atoms. The van der Waals surface area contributed by atoms with Gasteiger partial charge in [0.1, 0.15) is 21.2 Å². The van der Waals surface area contributed by atoms with Crippen LogP contribution in [0.1, 0.15) is 37.0 Å². The summed E-state index contributed by atoms with van der Waals surface area (Å²) in [7, 11) is -4.00. The second-order valence-electron chi connectivity index (χ2n) is 7.10. The molecule has 3 aromatic rings. The van der Waals surface area contributed by atoms with Crippen molar-refractivity contribution >= 4 is 27.3 Å². The van der Waals surface area contributed by atoms with Crippen molar-refractivity contribution in [1.82, 2.24) is 9.88 Å². The van der Waals surface area contributed by atoms with Crippen molar-refractivity contribution in [2.75, 3.05) is 0 Å². The van der Waals surface area contributed by atoms with E-state index in [1.807, 2.05) is 37.3 Å². The van der Waals surface area contributed by atoms with Crippen molar-refractivity contribution in [3.8, 4) is 10.6 Å². The monoisotopic (exact) mass is 432 g/mol. The summed E-state index contributed by atoms with van der Waals surface area (Å²) >= 11 is 1.04. The van der Waals surface area contributed by atoms with Crippen LogP contribution >= 0.6 is 11.3 Å². The van der Waals surface area contributed by atoms with Crippen molar-refractivity contribution in [2.24, 2.45) is 0 Å². The van der Waals surface area contributed by atoms with Crippen LogP contribution in [0.3, 0.4) is 0 Å². The maximum Gasteiger partial charge on any atom is 0.325 e. The number of aryl methyl sites for hydroxylation is 1. The first-order valence-electron chi connectivity index (χ1n) is 9.24. The predicted molar refractivity (Wildman–Crippen MR) is 108 cm³/mol. The summed E-state index contributed by atoms with van der Waals surface area (Å²) in [6.45, 7) is 2.03. The Hall–Kier alpha value is -2.49. The molecule has 152 valence electrons. The van der Waals surface area contributed by atoms with Gasteiger partial charge in [-0.05, 0) is 30.5 Å². The molecular weight excluding hydrogens is 412 g/mol. The van der Waals surface area contributed by atoms with Gasteiger partial charge in [-0.3, -0.25) is 4.79 Å². The number of sulfonamides is 1. The van der Waals surface area contributed by atoms with E-state index in [9.17, 15) is 18.3 Å². The molecule has 0 saturated heterocycles. The SMILES string of the molecule is CCCc1cc(-c2ccc(S(=O)(=O)N[C@@]3(C(=O)O)C[C@H]3c3ccccc3)s2)no1. The zero-order chi connectivity index (χ0) is 20.6. The molecule has 0 radical (unpaired) electrons. The van der Waals surface area contributed by atoms with E-state index in [1.165, 1.54) is 6.07 Å². The quantitative estimate of drug-likeness (QED) is 0.562. The van der Waals surface area contributed by atoms with E-state index < -0.39 is 27.4 Å². The second-order valence-corrected chi connectivity index (χ2v) is 10.1. The molecule has 2 aromatic heterocycles. The highest BCUT2D eigenvalue weighted by Gasteiger charge is 2.63. The van der Waals surface area contributed by atoms with Gasteiger partial charge in [0.15, 0.2) is 0 Å². The maximum atomic E-state index is 12.9. The number of rotatable bonds is 8. The summed E-state index contributed by atoms with van der Waals surface area (Å²) < 4.78 is 33.6. The van der Waals surface area contributed by atoms with Gasteiger partial charge in [0, 0.05) is 18.4 Å². The highest BCUT2D eigenvalue weighted by molar-refractivity contribution is 7.91. The summed E-state index contributed by atoms with van der Waals surface area (Å²) in [5.74, 6) is -0.832. The number of benzene rings is 1. The molecule has 1 aliphatic rings. The third kappa shape index (κ3) is 3.73. The van der Waals surface area contributed by atoms with Crippen LogP contribution in [0.2, 0.25) is 0 Å². The third-order valence-electron chi connectivity index (χ3n) is 5.01. The van der Waals surface area contributed by atoms with E-state index >= 15 is 0 Å². The summed E-state index contributed by atoms with van der Waals surface area (Å²) in [6, 6.07) is 14.0. The second kappa shape index (κ2) is 7.40. The number of thiophene rings is 1. The summed E-state index contributed by atoms with van der Waals surface area (Å²) in [5.41, 5.74) is -0.149. The van der Waals surface area contributed by atoms with Crippen molar-refractivity contribution in [3.63, 3.8) is 0 Å². The molecule has 1 aliphatic carbocycles. The van der Waals surface area contributed by atoms with E-state index in [0.29, 0.717) is 10.6 Å².